The van der Waals surface area contributed by atoms with Crippen LogP contribution in [0.3, 0.4) is 0 Å². The van der Waals surface area contributed by atoms with Crippen LogP contribution in [-0.2, 0) is 22.4 Å². The summed E-state index contributed by atoms with van der Waals surface area (Å²) in [6, 6.07) is 3.91. The molecule has 30 heavy (non-hydrogen) atoms. The maximum atomic E-state index is 12.8. The number of aryl methyl sites for hydroxylation is 2. The Hall–Kier alpha value is -1.95. The minimum atomic E-state index is -0.785. The van der Waals surface area contributed by atoms with E-state index < -0.39 is 12.0 Å². The third kappa shape index (κ3) is 5.81. The Kier molecular flexibility index (Phi) is 7.87. The van der Waals surface area contributed by atoms with Gasteiger partial charge in [0.15, 0.2) is 0 Å². The van der Waals surface area contributed by atoms with Gasteiger partial charge in [0.1, 0.15) is 17.6 Å². The number of pyridine rings is 1. The fourth-order valence-corrected chi connectivity index (χ4v) is 4.59. The molecule has 2 aliphatic rings. The van der Waals surface area contributed by atoms with Gasteiger partial charge in [0, 0.05) is 24.1 Å². The van der Waals surface area contributed by atoms with E-state index in [9.17, 15) is 9.59 Å². The maximum Gasteiger partial charge on any atom is 0.320 e. The van der Waals surface area contributed by atoms with Crippen molar-refractivity contribution in [3.63, 3.8) is 0 Å². The number of piperidine rings is 1. The molecule has 1 aromatic rings. The van der Waals surface area contributed by atoms with Crippen LogP contribution in [0.25, 0.3) is 0 Å². The number of unbranched alkanes of at least 4 members (excludes halogenated alkanes) is 3. The van der Waals surface area contributed by atoms with Crippen LogP contribution in [0, 0.1) is 5.41 Å². The third-order valence-corrected chi connectivity index (χ3v) is 7.02. The summed E-state index contributed by atoms with van der Waals surface area (Å²) < 4.78 is 0. The first-order valence-electron chi connectivity index (χ1n) is 11.6. The van der Waals surface area contributed by atoms with E-state index in [0.29, 0.717) is 25.3 Å². The van der Waals surface area contributed by atoms with E-state index in [1.54, 1.807) is 6.92 Å². The average molecular weight is 416 g/mol. The number of nitrogens with one attached hydrogen (secondary N) is 1. The summed E-state index contributed by atoms with van der Waals surface area (Å²) in [4.78, 5) is 30.7. The zero-order chi connectivity index (χ0) is 21.6. The molecular weight excluding hydrogens is 378 g/mol. The largest absolute Gasteiger partial charge is 0.480 e. The van der Waals surface area contributed by atoms with Gasteiger partial charge in [-0.15, -0.1) is 0 Å². The number of aromatic nitrogens is 1. The number of likely N-dealkylation sites (tertiary alicyclic amines) is 1. The van der Waals surface area contributed by atoms with Crippen LogP contribution in [0.5, 0.6) is 0 Å². The number of fused-ring (bicyclic) bond motifs is 1. The second-order valence-corrected chi connectivity index (χ2v) is 9.29. The highest BCUT2D eigenvalue weighted by atomic mass is 16.4. The second-order valence-electron chi connectivity index (χ2n) is 9.29. The molecule has 6 nitrogen and oxygen atoms in total. The number of carbonyl (C=O) groups excluding carboxylic acids is 1. The van der Waals surface area contributed by atoms with Crippen molar-refractivity contribution in [2.24, 2.45) is 5.41 Å². The summed E-state index contributed by atoms with van der Waals surface area (Å²) in [6.07, 6.45) is 9.74. The predicted octanol–water partition coefficient (Wildman–Crippen LogP) is 4.08. The molecule has 6 heteroatoms. The highest BCUT2D eigenvalue weighted by Gasteiger charge is 2.38. The van der Waals surface area contributed by atoms with Gasteiger partial charge in [-0.25, -0.2) is 4.98 Å². The van der Waals surface area contributed by atoms with Gasteiger partial charge in [0.2, 0.25) is 0 Å². The molecule has 2 N–H and O–H groups in total. The van der Waals surface area contributed by atoms with Gasteiger partial charge in [0.05, 0.1) is 0 Å². The molecule has 3 rings (SSSR count). The number of aliphatic carboxylic acids is 1. The monoisotopic (exact) mass is 415 g/mol. The normalized spacial score (nSPS) is 19.5. The van der Waals surface area contributed by atoms with E-state index in [0.717, 1.165) is 69.4 Å². The Morgan fingerprint density at radius 2 is 1.93 bits per heavy atom. The molecule has 1 unspecified atom stereocenters. The summed E-state index contributed by atoms with van der Waals surface area (Å²) in [6.45, 7) is 6.20. The highest BCUT2D eigenvalue weighted by molar-refractivity contribution is 5.84. The summed E-state index contributed by atoms with van der Waals surface area (Å²) in [5.74, 6) is 0.640. The van der Waals surface area contributed by atoms with Crippen molar-refractivity contribution < 1.29 is 14.7 Å². The zero-order valence-electron chi connectivity index (χ0n) is 18.6. The van der Waals surface area contributed by atoms with Crippen LogP contribution in [0.2, 0.25) is 0 Å². The molecule has 3 heterocycles. The summed E-state index contributed by atoms with van der Waals surface area (Å²) >= 11 is 0. The Morgan fingerprint density at radius 1 is 1.20 bits per heavy atom. The van der Waals surface area contributed by atoms with Crippen molar-refractivity contribution in [2.75, 3.05) is 25.0 Å². The first kappa shape index (κ1) is 22.7. The minimum absolute atomic E-state index is 0.283. The molecule has 1 saturated heterocycles. The molecule has 0 amide bonds. The van der Waals surface area contributed by atoms with Crippen LogP contribution in [0.1, 0.15) is 76.5 Å². The lowest BCUT2D eigenvalue weighted by Gasteiger charge is -2.39. The van der Waals surface area contributed by atoms with E-state index in [2.05, 4.69) is 24.4 Å². The smallest absolute Gasteiger partial charge is 0.320 e. The number of carboxylic acids is 1. The van der Waals surface area contributed by atoms with Crippen LogP contribution in [0.15, 0.2) is 12.1 Å². The first-order valence-corrected chi connectivity index (χ1v) is 11.6. The van der Waals surface area contributed by atoms with Crippen molar-refractivity contribution in [1.82, 2.24) is 9.88 Å². The fraction of sp³-hybridized carbons (Fsp3) is 0.708. The SMILES string of the molecule is CC(C(=O)O)N1CCC(C)(C(=O)CCCCCCc2ccc3c(n2)NCCC3)CC1. The summed E-state index contributed by atoms with van der Waals surface area (Å²) in [7, 11) is 0. The Bertz CT molecular complexity index is 741. The maximum absolute atomic E-state index is 12.8. The fourth-order valence-electron chi connectivity index (χ4n) is 4.59. The Morgan fingerprint density at radius 3 is 2.67 bits per heavy atom. The number of hydrogen-bond donors (Lipinski definition) is 2. The van der Waals surface area contributed by atoms with Crippen LogP contribution >= 0.6 is 0 Å². The lowest BCUT2D eigenvalue weighted by atomic mass is 9.75. The molecular formula is C24H37N3O3. The molecule has 0 aromatic carbocycles. The van der Waals surface area contributed by atoms with Gasteiger partial charge < -0.3 is 10.4 Å². The summed E-state index contributed by atoms with van der Waals surface area (Å²) in [5.41, 5.74) is 2.21. The predicted molar refractivity (Wildman–Crippen MR) is 119 cm³/mol. The molecule has 1 aromatic heterocycles. The lowest BCUT2D eigenvalue weighted by Crippen LogP contribution is -2.48. The molecule has 1 atom stereocenters. The van der Waals surface area contributed by atoms with Crippen molar-refractivity contribution >= 4 is 17.6 Å². The molecule has 0 saturated carbocycles. The number of rotatable bonds is 10. The third-order valence-electron chi connectivity index (χ3n) is 7.02. The van der Waals surface area contributed by atoms with Crippen molar-refractivity contribution in [3.05, 3.63) is 23.4 Å². The average Bonchev–Trinajstić information content (AvgIpc) is 2.75. The minimum Gasteiger partial charge on any atom is -0.480 e. The lowest BCUT2D eigenvalue weighted by molar-refractivity contribution is -0.144. The van der Waals surface area contributed by atoms with Crippen LogP contribution in [0.4, 0.5) is 5.82 Å². The van der Waals surface area contributed by atoms with Gasteiger partial charge in [0.25, 0.3) is 0 Å². The van der Waals surface area contributed by atoms with Crippen molar-refractivity contribution in [2.45, 2.75) is 84.1 Å². The van der Waals surface area contributed by atoms with Gasteiger partial charge >= 0.3 is 5.97 Å². The number of hydrogen-bond acceptors (Lipinski definition) is 5. The summed E-state index contributed by atoms with van der Waals surface area (Å²) in [5, 5.41) is 12.6. The number of Topliss-reactive ketones (excluding diaryl/α,β-unsaturated/α-hetero) is 1. The molecule has 2 aliphatic heterocycles. The highest BCUT2D eigenvalue weighted by Crippen LogP contribution is 2.34. The molecule has 1 fully saturated rings. The van der Waals surface area contributed by atoms with Gasteiger partial charge in [-0.2, -0.15) is 0 Å². The quantitative estimate of drug-likeness (QED) is 0.561. The number of carbonyl (C=O) groups is 2. The van der Waals surface area contributed by atoms with Crippen LogP contribution < -0.4 is 5.32 Å². The number of anilines is 1. The number of nitrogens with zero attached hydrogens (tertiary/aromatic N) is 2. The number of ketones is 1. The van der Waals surface area contributed by atoms with E-state index >= 15 is 0 Å². The molecule has 0 bridgehead atoms. The molecule has 0 radical (unpaired) electrons. The zero-order valence-corrected chi connectivity index (χ0v) is 18.6. The van der Waals surface area contributed by atoms with E-state index in [4.69, 9.17) is 10.1 Å². The topological polar surface area (TPSA) is 82.5 Å². The molecule has 0 spiro atoms. The van der Waals surface area contributed by atoms with E-state index in [1.807, 2.05) is 4.90 Å². The Labute approximate surface area is 180 Å². The Balaban J connectivity index is 1.32. The van der Waals surface area contributed by atoms with E-state index in [1.165, 1.54) is 12.0 Å². The van der Waals surface area contributed by atoms with Crippen LogP contribution in [-0.4, -0.2) is 52.4 Å². The molecule has 0 aliphatic carbocycles. The van der Waals surface area contributed by atoms with E-state index in [-0.39, 0.29) is 5.41 Å². The molecule has 166 valence electrons. The van der Waals surface area contributed by atoms with Crippen molar-refractivity contribution in [1.29, 1.82) is 0 Å². The van der Waals surface area contributed by atoms with Gasteiger partial charge in [-0.3, -0.25) is 14.5 Å². The standard InChI is InChI=1S/C24H37N3O3/c1-18(23(29)30)27-16-13-24(2,14-17-27)21(28)10-6-4-3-5-9-20-12-11-19-8-7-15-25-22(19)26-20/h11-12,18H,3-10,13-17H2,1-2H3,(H,25,26)(H,29,30). The number of carboxylic acid groups (broad SMARTS) is 1. The first-order chi connectivity index (χ1) is 14.4. The van der Waals surface area contributed by atoms with Crippen molar-refractivity contribution in [3.8, 4) is 0 Å². The van der Waals surface area contributed by atoms with Gasteiger partial charge in [-0.1, -0.05) is 25.8 Å². The second kappa shape index (κ2) is 10.4. The van der Waals surface area contributed by atoms with Gasteiger partial charge in [-0.05, 0) is 76.6 Å².